The smallest absolute Gasteiger partial charge is 0.407 e. The van der Waals surface area contributed by atoms with Crippen LogP contribution in [0.1, 0.15) is 49.7 Å². The van der Waals surface area contributed by atoms with E-state index in [0.29, 0.717) is 19.1 Å². The number of fused-ring (bicyclic) bond motifs is 3. The molecule has 186 valence electrons. The average molecular weight is 481 g/mol. The Kier molecular flexibility index (Phi) is 8.02. The van der Waals surface area contributed by atoms with Gasteiger partial charge in [0, 0.05) is 25.5 Å². The van der Waals surface area contributed by atoms with Gasteiger partial charge in [-0.2, -0.15) is 0 Å². The van der Waals surface area contributed by atoms with E-state index in [-0.39, 0.29) is 31.5 Å². The quantitative estimate of drug-likeness (QED) is 0.452. The third-order valence-electron chi connectivity index (χ3n) is 6.76. The van der Waals surface area contributed by atoms with Crippen LogP contribution in [0.3, 0.4) is 0 Å². The van der Waals surface area contributed by atoms with Crippen LogP contribution in [-0.2, 0) is 19.1 Å². The number of aliphatic carboxylic acids is 1. The largest absolute Gasteiger partial charge is 0.481 e. The van der Waals surface area contributed by atoms with Gasteiger partial charge in [0.05, 0.1) is 6.10 Å². The van der Waals surface area contributed by atoms with E-state index >= 15 is 0 Å². The average Bonchev–Trinajstić information content (AvgIpc) is 3.15. The molecule has 0 spiro atoms. The van der Waals surface area contributed by atoms with Crippen LogP contribution < -0.4 is 10.6 Å². The minimum absolute atomic E-state index is 0.0163. The van der Waals surface area contributed by atoms with E-state index in [4.69, 9.17) is 14.6 Å². The monoisotopic (exact) mass is 480 g/mol. The van der Waals surface area contributed by atoms with Crippen molar-refractivity contribution in [2.45, 2.75) is 50.7 Å². The summed E-state index contributed by atoms with van der Waals surface area (Å²) in [6, 6.07) is 15.1. The molecular weight excluding hydrogens is 448 g/mol. The fourth-order valence-corrected chi connectivity index (χ4v) is 4.90. The van der Waals surface area contributed by atoms with Gasteiger partial charge >= 0.3 is 12.1 Å². The molecule has 3 N–H and O–H groups in total. The molecule has 2 aromatic rings. The number of rotatable bonds is 11. The van der Waals surface area contributed by atoms with Gasteiger partial charge in [-0.25, -0.2) is 4.79 Å². The molecule has 2 aliphatic rings. The second-order valence-electron chi connectivity index (χ2n) is 9.11. The van der Waals surface area contributed by atoms with Crippen LogP contribution in [0.2, 0.25) is 0 Å². The SMILES string of the molecule is CCOC1CC(CNC(=O)C(CCC(=O)O)NC(=O)OCC2c3ccccc3-c3ccccc32)C1. The van der Waals surface area contributed by atoms with Gasteiger partial charge in [0.25, 0.3) is 0 Å². The van der Waals surface area contributed by atoms with E-state index in [9.17, 15) is 14.4 Å². The maximum Gasteiger partial charge on any atom is 0.407 e. The van der Waals surface area contributed by atoms with Crippen LogP contribution in [-0.4, -0.2) is 55.0 Å². The highest BCUT2D eigenvalue weighted by molar-refractivity contribution is 5.86. The first-order valence-electron chi connectivity index (χ1n) is 12.2. The van der Waals surface area contributed by atoms with E-state index in [1.807, 2.05) is 43.3 Å². The molecule has 0 bridgehead atoms. The van der Waals surface area contributed by atoms with Crippen molar-refractivity contribution in [3.8, 4) is 11.1 Å². The van der Waals surface area contributed by atoms with Crippen molar-refractivity contribution in [2.24, 2.45) is 5.92 Å². The van der Waals surface area contributed by atoms with Crippen LogP contribution in [0, 0.1) is 5.92 Å². The molecule has 8 nitrogen and oxygen atoms in total. The minimum Gasteiger partial charge on any atom is -0.481 e. The lowest BCUT2D eigenvalue weighted by Gasteiger charge is -2.35. The standard InChI is InChI=1S/C27H32N2O6/c1-2-34-18-13-17(14-18)15-28-26(32)24(11-12-25(30)31)29-27(33)35-16-23-21-9-5-3-7-19(21)20-8-4-6-10-22(20)23/h3-10,17-18,23-24H,2,11-16H2,1H3,(H,28,32)(H,29,33)(H,30,31). The van der Waals surface area contributed by atoms with Crippen molar-refractivity contribution in [2.75, 3.05) is 19.8 Å². The van der Waals surface area contributed by atoms with Gasteiger partial charge < -0.3 is 25.2 Å². The van der Waals surface area contributed by atoms with Crippen molar-refractivity contribution in [1.29, 1.82) is 0 Å². The Labute approximate surface area is 205 Å². The van der Waals surface area contributed by atoms with Gasteiger partial charge in [0.1, 0.15) is 12.6 Å². The lowest BCUT2D eigenvalue weighted by molar-refractivity contribution is -0.137. The third-order valence-corrected chi connectivity index (χ3v) is 6.76. The summed E-state index contributed by atoms with van der Waals surface area (Å²) in [5, 5.41) is 14.5. The number of alkyl carbamates (subject to hydrolysis) is 1. The van der Waals surface area contributed by atoms with Crippen molar-refractivity contribution in [1.82, 2.24) is 10.6 Å². The van der Waals surface area contributed by atoms with E-state index in [1.165, 1.54) is 0 Å². The molecule has 1 saturated carbocycles. The lowest BCUT2D eigenvalue weighted by atomic mass is 9.82. The van der Waals surface area contributed by atoms with Gasteiger partial charge in [0.2, 0.25) is 5.91 Å². The Morgan fingerprint density at radius 3 is 2.26 bits per heavy atom. The summed E-state index contributed by atoms with van der Waals surface area (Å²) in [5.74, 6) is -1.21. The Hall–Kier alpha value is -3.39. The number of carbonyl (C=O) groups excluding carboxylic acids is 2. The zero-order valence-electron chi connectivity index (χ0n) is 19.9. The molecular formula is C27H32N2O6. The fourth-order valence-electron chi connectivity index (χ4n) is 4.90. The molecule has 8 heteroatoms. The number of ether oxygens (including phenoxy) is 2. The summed E-state index contributed by atoms with van der Waals surface area (Å²) in [6.45, 7) is 3.22. The van der Waals surface area contributed by atoms with Crippen LogP contribution in [0.15, 0.2) is 48.5 Å². The normalized spacial score (nSPS) is 19.1. The maximum atomic E-state index is 12.7. The molecule has 0 radical (unpaired) electrons. The van der Waals surface area contributed by atoms with Crippen LogP contribution in [0.5, 0.6) is 0 Å². The lowest BCUT2D eigenvalue weighted by Crippen LogP contribution is -2.49. The number of nitrogens with one attached hydrogen (secondary N) is 2. The third kappa shape index (κ3) is 6.00. The summed E-state index contributed by atoms with van der Waals surface area (Å²) in [7, 11) is 0. The Morgan fingerprint density at radius 2 is 1.66 bits per heavy atom. The maximum absolute atomic E-state index is 12.7. The highest BCUT2D eigenvalue weighted by atomic mass is 16.5. The van der Waals surface area contributed by atoms with Crippen molar-refractivity contribution >= 4 is 18.0 Å². The van der Waals surface area contributed by atoms with Gasteiger partial charge in [0.15, 0.2) is 0 Å². The van der Waals surface area contributed by atoms with E-state index in [0.717, 1.165) is 35.1 Å². The Balaban J connectivity index is 1.32. The zero-order valence-corrected chi connectivity index (χ0v) is 19.9. The number of carboxylic acids is 1. The molecule has 2 aliphatic carbocycles. The van der Waals surface area contributed by atoms with E-state index in [2.05, 4.69) is 22.8 Å². The fraction of sp³-hybridized carbons (Fsp3) is 0.444. The van der Waals surface area contributed by atoms with Crippen LogP contribution in [0.25, 0.3) is 11.1 Å². The van der Waals surface area contributed by atoms with Crippen LogP contribution >= 0.6 is 0 Å². The number of carboxylic acid groups (broad SMARTS) is 1. The first kappa shape index (κ1) is 24.7. The summed E-state index contributed by atoms with van der Waals surface area (Å²) in [6.07, 6.45) is 1.01. The summed E-state index contributed by atoms with van der Waals surface area (Å²) in [4.78, 5) is 36.4. The summed E-state index contributed by atoms with van der Waals surface area (Å²) >= 11 is 0. The first-order valence-corrected chi connectivity index (χ1v) is 12.2. The van der Waals surface area contributed by atoms with E-state index in [1.54, 1.807) is 0 Å². The molecule has 1 atom stereocenters. The molecule has 35 heavy (non-hydrogen) atoms. The molecule has 2 aromatic carbocycles. The van der Waals surface area contributed by atoms with Gasteiger partial charge in [-0.3, -0.25) is 9.59 Å². The van der Waals surface area contributed by atoms with Crippen molar-refractivity contribution < 1.29 is 29.0 Å². The zero-order chi connectivity index (χ0) is 24.8. The van der Waals surface area contributed by atoms with E-state index < -0.39 is 24.0 Å². The second kappa shape index (κ2) is 11.4. The van der Waals surface area contributed by atoms with Crippen molar-refractivity contribution in [3.63, 3.8) is 0 Å². The number of hydrogen-bond donors (Lipinski definition) is 3. The molecule has 0 aliphatic heterocycles. The predicted molar refractivity (Wildman–Crippen MR) is 130 cm³/mol. The molecule has 0 heterocycles. The molecule has 0 saturated heterocycles. The minimum atomic E-state index is -1.03. The summed E-state index contributed by atoms with van der Waals surface area (Å²) in [5.41, 5.74) is 4.43. The molecule has 4 rings (SSSR count). The molecule has 2 amide bonds. The second-order valence-corrected chi connectivity index (χ2v) is 9.11. The Bertz CT molecular complexity index is 1020. The number of carbonyl (C=O) groups is 3. The molecule has 0 aromatic heterocycles. The first-order chi connectivity index (χ1) is 17.0. The number of benzene rings is 2. The predicted octanol–water partition coefficient (Wildman–Crippen LogP) is 3.69. The highest BCUT2D eigenvalue weighted by Gasteiger charge is 2.32. The Morgan fingerprint density at radius 1 is 1.03 bits per heavy atom. The topological polar surface area (TPSA) is 114 Å². The highest BCUT2D eigenvalue weighted by Crippen LogP contribution is 2.44. The molecule has 1 unspecified atom stereocenters. The molecule has 1 fully saturated rings. The van der Waals surface area contributed by atoms with Crippen molar-refractivity contribution in [3.05, 3.63) is 59.7 Å². The number of hydrogen-bond acceptors (Lipinski definition) is 5. The summed E-state index contributed by atoms with van der Waals surface area (Å²) < 4.78 is 11.1. The van der Waals surface area contributed by atoms with Gasteiger partial charge in [-0.1, -0.05) is 48.5 Å². The van der Waals surface area contributed by atoms with Gasteiger partial charge in [-0.05, 0) is 54.4 Å². The number of amides is 2. The van der Waals surface area contributed by atoms with Crippen LogP contribution in [0.4, 0.5) is 4.79 Å². The van der Waals surface area contributed by atoms with Gasteiger partial charge in [-0.15, -0.1) is 0 Å².